The van der Waals surface area contributed by atoms with Gasteiger partial charge in [-0.15, -0.1) is 0 Å². The van der Waals surface area contributed by atoms with Crippen LogP contribution in [0.4, 0.5) is 0 Å². The molecule has 182 valence electrons. The van der Waals surface area contributed by atoms with E-state index in [4.69, 9.17) is 10.8 Å². The number of nitrogens with two attached hydrogens (primary N) is 1. The van der Waals surface area contributed by atoms with Crippen LogP contribution >= 0.6 is 0 Å². The van der Waals surface area contributed by atoms with Crippen molar-refractivity contribution in [3.05, 3.63) is 35.9 Å². The predicted octanol–water partition coefficient (Wildman–Crippen LogP) is -0.362. The van der Waals surface area contributed by atoms with Crippen molar-refractivity contribution in [2.75, 3.05) is 6.54 Å². The molecular weight excluding hydrogens is 432 g/mol. The molecule has 3 unspecified atom stereocenters. The van der Waals surface area contributed by atoms with Crippen LogP contribution in [0.25, 0.3) is 0 Å². The number of rotatable bonds is 14. The first-order valence-corrected chi connectivity index (χ1v) is 10.6. The molecule has 0 aromatic heterocycles. The van der Waals surface area contributed by atoms with Gasteiger partial charge in [-0.05, 0) is 24.3 Å². The molecule has 0 saturated heterocycles. The van der Waals surface area contributed by atoms with Gasteiger partial charge in [0.25, 0.3) is 0 Å². The fourth-order valence-corrected chi connectivity index (χ4v) is 3.09. The van der Waals surface area contributed by atoms with Crippen LogP contribution in [0.3, 0.4) is 0 Å². The lowest BCUT2D eigenvalue weighted by atomic mass is 10.0. The minimum Gasteiger partial charge on any atom is -0.481 e. The average molecular weight is 465 g/mol. The molecule has 3 amide bonds. The maximum Gasteiger partial charge on any atom is 0.326 e. The number of carbonyl (C=O) groups is 5. The number of amides is 3. The molecule has 0 aliphatic carbocycles. The van der Waals surface area contributed by atoms with E-state index in [0.717, 1.165) is 5.56 Å². The van der Waals surface area contributed by atoms with E-state index >= 15 is 0 Å². The van der Waals surface area contributed by atoms with Gasteiger partial charge in [0.2, 0.25) is 17.7 Å². The predicted molar refractivity (Wildman–Crippen MR) is 119 cm³/mol. The first-order valence-electron chi connectivity index (χ1n) is 10.6. The van der Waals surface area contributed by atoms with Gasteiger partial charge in [-0.1, -0.05) is 44.2 Å². The van der Waals surface area contributed by atoms with E-state index in [1.54, 1.807) is 44.2 Å². The maximum atomic E-state index is 12.9. The summed E-state index contributed by atoms with van der Waals surface area (Å²) in [4.78, 5) is 60.1. The van der Waals surface area contributed by atoms with E-state index < -0.39 is 54.2 Å². The summed E-state index contributed by atoms with van der Waals surface area (Å²) in [5.41, 5.74) is 6.08. The molecule has 0 bridgehead atoms. The lowest BCUT2D eigenvalue weighted by Gasteiger charge is -2.25. The molecule has 33 heavy (non-hydrogen) atoms. The first kappa shape index (κ1) is 27.6. The molecule has 0 heterocycles. The van der Waals surface area contributed by atoms with Crippen LogP contribution in [-0.2, 0) is 30.4 Å². The quantitative estimate of drug-likeness (QED) is 0.215. The Labute approximate surface area is 192 Å². The SMILES string of the molecule is CC(C)CC(NC(=O)C(CCC(=O)O)NC(=O)C(Cc1ccccc1)NC(=O)CN)C(=O)O. The highest BCUT2D eigenvalue weighted by Crippen LogP contribution is 2.08. The molecule has 0 saturated carbocycles. The molecule has 0 aliphatic heterocycles. The summed E-state index contributed by atoms with van der Waals surface area (Å²) in [6.45, 7) is 3.23. The number of carboxylic acids is 2. The van der Waals surface area contributed by atoms with Crippen molar-refractivity contribution in [1.29, 1.82) is 0 Å². The molecule has 1 aromatic rings. The fraction of sp³-hybridized carbons (Fsp3) is 0.500. The van der Waals surface area contributed by atoms with Crippen LogP contribution < -0.4 is 21.7 Å². The van der Waals surface area contributed by atoms with Crippen molar-refractivity contribution in [1.82, 2.24) is 16.0 Å². The molecule has 11 heteroatoms. The van der Waals surface area contributed by atoms with Crippen molar-refractivity contribution in [2.45, 2.75) is 57.7 Å². The van der Waals surface area contributed by atoms with Crippen LogP contribution in [0.1, 0.15) is 38.7 Å². The zero-order valence-electron chi connectivity index (χ0n) is 18.7. The van der Waals surface area contributed by atoms with Crippen molar-refractivity contribution < 1.29 is 34.2 Å². The summed E-state index contributed by atoms with van der Waals surface area (Å²) < 4.78 is 0. The van der Waals surface area contributed by atoms with Gasteiger partial charge in [-0.2, -0.15) is 0 Å². The fourth-order valence-electron chi connectivity index (χ4n) is 3.09. The van der Waals surface area contributed by atoms with Crippen LogP contribution in [0.5, 0.6) is 0 Å². The molecule has 0 spiro atoms. The van der Waals surface area contributed by atoms with E-state index in [0.29, 0.717) is 0 Å². The molecule has 1 aromatic carbocycles. The van der Waals surface area contributed by atoms with Gasteiger partial charge in [0.15, 0.2) is 0 Å². The van der Waals surface area contributed by atoms with E-state index in [1.807, 2.05) is 0 Å². The Hall–Kier alpha value is -3.47. The van der Waals surface area contributed by atoms with Crippen LogP contribution in [-0.4, -0.2) is 64.5 Å². The first-order chi connectivity index (χ1) is 15.5. The minimum atomic E-state index is -1.31. The van der Waals surface area contributed by atoms with Gasteiger partial charge >= 0.3 is 11.9 Å². The number of hydrogen-bond acceptors (Lipinski definition) is 6. The summed E-state index contributed by atoms with van der Waals surface area (Å²) >= 11 is 0. The Balaban J connectivity index is 3.04. The van der Waals surface area contributed by atoms with E-state index in [2.05, 4.69) is 16.0 Å². The second-order valence-electron chi connectivity index (χ2n) is 8.04. The number of carbonyl (C=O) groups excluding carboxylic acids is 3. The molecular formula is C22H32N4O7. The average Bonchev–Trinajstić information content (AvgIpc) is 2.75. The molecule has 11 nitrogen and oxygen atoms in total. The number of carboxylic acid groups (broad SMARTS) is 2. The van der Waals surface area contributed by atoms with Gasteiger partial charge < -0.3 is 31.9 Å². The normalized spacial score (nSPS) is 13.5. The Kier molecular flexibility index (Phi) is 11.6. The second-order valence-corrected chi connectivity index (χ2v) is 8.04. The smallest absolute Gasteiger partial charge is 0.326 e. The van der Waals surface area contributed by atoms with E-state index in [9.17, 15) is 29.1 Å². The van der Waals surface area contributed by atoms with Gasteiger partial charge in [0, 0.05) is 12.8 Å². The highest BCUT2D eigenvalue weighted by molar-refractivity contribution is 5.94. The third-order valence-electron chi connectivity index (χ3n) is 4.72. The largest absolute Gasteiger partial charge is 0.481 e. The second kappa shape index (κ2) is 13.8. The summed E-state index contributed by atoms with van der Waals surface area (Å²) in [6.07, 6.45) is -0.427. The Morgan fingerprint density at radius 2 is 1.45 bits per heavy atom. The number of nitrogens with one attached hydrogen (secondary N) is 3. The zero-order valence-corrected chi connectivity index (χ0v) is 18.7. The zero-order chi connectivity index (χ0) is 25.0. The van der Waals surface area contributed by atoms with Gasteiger partial charge in [0.05, 0.1) is 6.54 Å². The standard InChI is InChI=1S/C22H32N4O7/c1-13(2)10-17(22(32)33)26-20(30)15(8-9-19(28)29)25-21(31)16(24-18(27)12-23)11-14-6-4-3-5-7-14/h3-7,13,15-17H,8-12,23H2,1-2H3,(H,24,27)(H,25,31)(H,26,30)(H,28,29)(H,32,33). The van der Waals surface area contributed by atoms with Crippen molar-refractivity contribution >= 4 is 29.7 Å². The monoisotopic (exact) mass is 464 g/mol. The summed E-state index contributed by atoms with van der Waals surface area (Å²) in [5.74, 6) is -4.57. The molecule has 3 atom stereocenters. The highest BCUT2D eigenvalue weighted by atomic mass is 16.4. The van der Waals surface area contributed by atoms with E-state index in [-0.39, 0.29) is 31.7 Å². The van der Waals surface area contributed by atoms with Crippen molar-refractivity contribution in [3.63, 3.8) is 0 Å². The lowest BCUT2D eigenvalue weighted by molar-refractivity contribution is -0.143. The van der Waals surface area contributed by atoms with Crippen LogP contribution in [0.2, 0.25) is 0 Å². The molecule has 0 radical (unpaired) electrons. The lowest BCUT2D eigenvalue weighted by Crippen LogP contribution is -2.56. The van der Waals surface area contributed by atoms with Gasteiger partial charge in [0.1, 0.15) is 18.1 Å². The van der Waals surface area contributed by atoms with Gasteiger partial charge in [-0.3, -0.25) is 19.2 Å². The highest BCUT2D eigenvalue weighted by Gasteiger charge is 2.30. The molecule has 0 aliphatic rings. The maximum absolute atomic E-state index is 12.9. The number of hydrogen-bond donors (Lipinski definition) is 6. The summed E-state index contributed by atoms with van der Waals surface area (Å²) in [6, 6.07) is 5.25. The summed E-state index contributed by atoms with van der Waals surface area (Å²) in [5, 5.41) is 25.7. The van der Waals surface area contributed by atoms with Crippen molar-refractivity contribution in [3.8, 4) is 0 Å². The third-order valence-corrected chi connectivity index (χ3v) is 4.72. The molecule has 1 rings (SSSR count). The third kappa shape index (κ3) is 10.6. The summed E-state index contributed by atoms with van der Waals surface area (Å²) in [7, 11) is 0. The topological polar surface area (TPSA) is 188 Å². The minimum absolute atomic E-state index is 0.0276. The van der Waals surface area contributed by atoms with Crippen LogP contribution in [0.15, 0.2) is 30.3 Å². The van der Waals surface area contributed by atoms with Crippen LogP contribution in [0, 0.1) is 5.92 Å². The van der Waals surface area contributed by atoms with Crippen molar-refractivity contribution in [2.24, 2.45) is 11.7 Å². The Morgan fingerprint density at radius 1 is 0.879 bits per heavy atom. The number of aliphatic carboxylic acids is 2. The van der Waals surface area contributed by atoms with Gasteiger partial charge in [-0.25, -0.2) is 4.79 Å². The molecule has 7 N–H and O–H groups in total. The Bertz CT molecular complexity index is 829. The Morgan fingerprint density at radius 3 is 1.97 bits per heavy atom. The van der Waals surface area contributed by atoms with E-state index in [1.165, 1.54) is 0 Å². The molecule has 0 fully saturated rings. The number of benzene rings is 1.